The average Bonchev–Trinajstić information content (AvgIpc) is 2.64. The van der Waals surface area contributed by atoms with Crippen LogP contribution in [0.25, 0.3) is 0 Å². The maximum atomic E-state index is 12.1. The van der Waals surface area contributed by atoms with Gasteiger partial charge in [-0.05, 0) is 41.8 Å². The van der Waals surface area contributed by atoms with Gasteiger partial charge in [0.25, 0.3) is 0 Å². The van der Waals surface area contributed by atoms with Gasteiger partial charge in [-0.3, -0.25) is 0 Å². The summed E-state index contributed by atoms with van der Waals surface area (Å²) in [5, 5.41) is -1.10. The van der Waals surface area contributed by atoms with Crippen molar-refractivity contribution in [1.29, 1.82) is 0 Å². The molecule has 138 valence electrons. The summed E-state index contributed by atoms with van der Waals surface area (Å²) in [5.74, 6) is -1.10. The van der Waals surface area contributed by atoms with E-state index >= 15 is 0 Å². The lowest BCUT2D eigenvalue weighted by molar-refractivity contribution is 0.0591. The van der Waals surface area contributed by atoms with Crippen molar-refractivity contribution < 1.29 is 27.5 Å². The predicted octanol–water partition coefficient (Wildman–Crippen LogP) is 3.11. The number of ether oxygens (including phenoxy) is 2. The monoisotopic (exact) mass is 396 g/mol. The molecule has 0 fully saturated rings. The molecule has 26 heavy (non-hydrogen) atoms. The molecule has 0 radical (unpaired) electrons. The van der Waals surface area contributed by atoms with Gasteiger partial charge in [0.05, 0.1) is 25.3 Å². The lowest BCUT2D eigenvalue weighted by atomic mass is 10.0. The van der Waals surface area contributed by atoms with Crippen molar-refractivity contribution in [3.63, 3.8) is 0 Å². The molecule has 1 atom stereocenters. The van der Waals surface area contributed by atoms with E-state index in [4.69, 9.17) is 10.7 Å². The highest BCUT2D eigenvalue weighted by Gasteiger charge is 2.26. The zero-order valence-electron chi connectivity index (χ0n) is 14.1. The molecule has 6 nitrogen and oxygen atoms in total. The second kappa shape index (κ2) is 8.33. The molecule has 0 bridgehead atoms. The van der Waals surface area contributed by atoms with Crippen molar-refractivity contribution >= 4 is 31.7 Å². The van der Waals surface area contributed by atoms with E-state index < -0.39 is 26.2 Å². The molecule has 0 amide bonds. The van der Waals surface area contributed by atoms with Gasteiger partial charge in [0.1, 0.15) is 5.25 Å². The van der Waals surface area contributed by atoms with E-state index in [1.54, 1.807) is 36.4 Å². The molecule has 0 saturated heterocycles. The molecule has 0 aliphatic rings. The minimum absolute atomic E-state index is 0.0291. The van der Waals surface area contributed by atoms with Gasteiger partial charge in [0.2, 0.25) is 9.05 Å². The lowest BCUT2D eigenvalue weighted by Gasteiger charge is -2.15. The first-order valence-electron chi connectivity index (χ1n) is 7.55. The molecular formula is C18H17ClO6S. The molecule has 0 aromatic heterocycles. The normalized spacial score (nSPS) is 12.3. The Morgan fingerprint density at radius 1 is 0.962 bits per heavy atom. The van der Waals surface area contributed by atoms with Gasteiger partial charge in [0.15, 0.2) is 0 Å². The van der Waals surface area contributed by atoms with Crippen LogP contribution in [-0.2, 0) is 24.9 Å². The summed E-state index contributed by atoms with van der Waals surface area (Å²) in [5.41, 5.74) is 1.47. The van der Waals surface area contributed by atoms with Crippen LogP contribution in [0.5, 0.6) is 0 Å². The van der Waals surface area contributed by atoms with Crippen molar-refractivity contribution in [2.45, 2.75) is 11.7 Å². The first kappa shape index (κ1) is 19.9. The summed E-state index contributed by atoms with van der Waals surface area (Å²) in [6.45, 7) is 0. The summed E-state index contributed by atoms with van der Waals surface area (Å²) in [6.07, 6.45) is 0.0291. The molecule has 0 spiro atoms. The minimum Gasteiger partial charge on any atom is -0.465 e. The molecule has 0 aliphatic carbocycles. The van der Waals surface area contributed by atoms with E-state index in [1.165, 1.54) is 26.4 Å². The Morgan fingerprint density at radius 3 is 2.04 bits per heavy atom. The van der Waals surface area contributed by atoms with Crippen molar-refractivity contribution in [1.82, 2.24) is 0 Å². The molecular weight excluding hydrogens is 380 g/mol. The summed E-state index contributed by atoms with van der Waals surface area (Å²) < 4.78 is 33.6. The van der Waals surface area contributed by atoms with Gasteiger partial charge in [-0.15, -0.1) is 0 Å². The molecule has 1 unspecified atom stereocenters. The summed E-state index contributed by atoms with van der Waals surface area (Å²) in [4.78, 5) is 23.3. The highest BCUT2D eigenvalue weighted by atomic mass is 35.7. The van der Waals surface area contributed by atoms with E-state index in [0.29, 0.717) is 16.7 Å². The molecule has 2 aromatic carbocycles. The highest BCUT2D eigenvalue weighted by Crippen LogP contribution is 2.30. The van der Waals surface area contributed by atoms with Crippen molar-refractivity contribution in [3.8, 4) is 0 Å². The third-order valence-corrected chi connectivity index (χ3v) is 5.55. The lowest BCUT2D eigenvalue weighted by Crippen LogP contribution is -2.13. The summed E-state index contributed by atoms with van der Waals surface area (Å²) >= 11 is 0. The highest BCUT2D eigenvalue weighted by molar-refractivity contribution is 8.13. The summed E-state index contributed by atoms with van der Waals surface area (Å²) in [6, 6.07) is 12.5. The van der Waals surface area contributed by atoms with Gasteiger partial charge in [0, 0.05) is 10.7 Å². The smallest absolute Gasteiger partial charge is 0.337 e. The molecule has 0 heterocycles. The van der Waals surface area contributed by atoms with Crippen LogP contribution < -0.4 is 0 Å². The number of halogens is 1. The second-order valence-corrected chi connectivity index (χ2v) is 8.29. The minimum atomic E-state index is -4.00. The Hall–Kier alpha value is -2.38. The Bertz CT molecular complexity index is 923. The number of methoxy groups -OCH3 is 2. The first-order valence-corrected chi connectivity index (χ1v) is 9.92. The summed E-state index contributed by atoms with van der Waals surface area (Å²) in [7, 11) is 4.15. The van der Waals surface area contributed by atoms with E-state index in [0.717, 1.165) is 0 Å². The van der Waals surface area contributed by atoms with Crippen molar-refractivity contribution in [2.24, 2.45) is 0 Å². The van der Waals surface area contributed by atoms with Crippen molar-refractivity contribution in [2.75, 3.05) is 14.2 Å². The molecule has 0 saturated carbocycles. The van der Waals surface area contributed by atoms with E-state index in [2.05, 4.69) is 9.47 Å². The molecule has 0 aliphatic heterocycles. The predicted molar refractivity (Wildman–Crippen MR) is 96.8 cm³/mol. The van der Waals surface area contributed by atoms with Crippen LogP contribution in [0, 0.1) is 0 Å². The number of hydrogen-bond donors (Lipinski definition) is 0. The maximum absolute atomic E-state index is 12.1. The molecule has 0 N–H and O–H groups in total. The van der Waals surface area contributed by atoms with E-state index in [9.17, 15) is 18.0 Å². The van der Waals surface area contributed by atoms with Gasteiger partial charge in [-0.25, -0.2) is 18.0 Å². The number of carbonyl (C=O) groups excluding carboxylic acids is 2. The fraction of sp³-hybridized carbons (Fsp3) is 0.222. The second-order valence-electron chi connectivity index (χ2n) is 5.48. The fourth-order valence-electron chi connectivity index (χ4n) is 2.52. The van der Waals surface area contributed by atoms with Gasteiger partial charge < -0.3 is 9.47 Å². The number of carbonyl (C=O) groups is 2. The third-order valence-electron chi connectivity index (χ3n) is 3.79. The standard InChI is InChI=1S/C18H17ClO6S/c1-24-17(20)14-7-3-5-12(9-14)10-16(26(19,22)23)13-6-4-8-15(11-13)18(21)25-2/h3-9,11,16H,10H2,1-2H3. The van der Waals surface area contributed by atoms with Gasteiger partial charge >= 0.3 is 11.9 Å². The van der Waals surface area contributed by atoms with Gasteiger partial charge in [-0.1, -0.05) is 24.3 Å². The van der Waals surface area contributed by atoms with E-state index in [1.807, 2.05) is 0 Å². The number of rotatable bonds is 6. The largest absolute Gasteiger partial charge is 0.465 e. The Morgan fingerprint density at radius 2 is 1.50 bits per heavy atom. The quantitative estimate of drug-likeness (QED) is 0.550. The number of esters is 2. The van der Waals surface area contributed by atoms with Crippen LogP contribution in [0.15, 0.2) is 48.5 Å². The Balaban J connectivity index is 2.42. The van der Waals surface area contributed by atoms with Crippen LogP contribution in [0.2, 0.25) is 0 Å². The number of hydrogen-bond acceptors (Lipinski definition) is 6. The van der Waals surface area contributed by atoms with Crippen LogP contribution in [-0.4, -0.2) is 34.6 Å². The SMILES string of the molecule is COC(=O)c1cccc(CC(c2cccc(C(=O)OC)c2)S(=O)(=O)Cl)c1. The Kier molecular flexibility index (Phi) is 6.39. The van der Waals surface area contributed by atoms with Crippen LogP contribution in [0.1, 0.15) is 37.1 Å². The first-order chi connectivity index (χ1) is 12.3. The van der Waals surface area contributed by atoms with Crippen LogP contribution in [0.4, 0.5) is 0 Å². The fourth-order valence-corrected chi connectivity index (χ4v) is 3.88. The molecule has 8 heteroatoms. The number of benzene rings is 2. The third kappa shape index (κ3) is 4.83. The average molecular weight is 397 g/mol. The van der Waals surface area contributed by atoms with Crippen LogP contribution >= 0.6 is 10.7 Å². The van der Waals surface area contributed by atoms with E-state index in [-0.39, 0.29) is 12.0 Å². The van der Waals surface area contributed by atoms with Crippen LogP contribution in [0.3, 0.4) is 0 Å². The molecule has 2 aromatic rings. The van der Waals surface area contributed by atoms with Gasteiger partial charge in [-0.2, -0.15) is 0 Å². The zero-order valence-corrected chi connectivity index (χ0v) is 15.7. The Labute approximate surface area is 156 Å². The molecule has 2 rings (SSSR count). The topological polar surface area (TPSA) is 86.7 Å². The zero-order chi connectivity index (χ0) is 19.3. The van der Waals surface area contributed by atoms with Crippen molar-refractivity contribution in [3.05, 3.63) is 70.8 Å². The maximum Gasteiger partial charge on any atom is 0.337 e.